The molecule has 0 aliphatic rings. The van der Waals surface area contributed by atoms with Gasteiger partial charge in [-0.3, -0.25) is 4.79 Å². The first-order valence-electron chi connectivity index (χ1n) is 6.35. The van der Waals surface area contributed by atoms with Crippen LogP contribution in [0.1, 0.15) is 18.5 Å². The molecule has 0 saturated carbocycles. The fourth-order valence-corrected chi connectivity index (χ4v) is 3.09. The van der Waals surface area contributed by atoms with Crippen molar-refractivity contribution in [2.75, 3.05) is 5.75 Å². The Bertz CT molecular complexity index is 556. The Morgan fingerprint density at radius 1 is 1.15 bits per heavy atom. The van der Waals surface area contributed by atoms with Gasteiger partial charge in [0, 0.05) is 22.0 Å². The Kier molecular flexibility index (Phi) is 5.68. The molecular weight excluding hydrogens is 334 g/mol. The molecule has 2 aromatic carbocycles. The molecule has 0 spiro atoms. The van der Waals surface area contributed by atoms with Gasteiger partial charge in [0.15, 0.2) is 0 Å². The molecule has 2 nitrogen and oxygen atoms in total. The van der Waals surface area contributed by atoms with Crippen molar-refractivity contribution >= 4 is 33.6 Å². The maximum atomic E-state index is 11.4. The van der Waals surface area contributed by atoms with Gasteiger partial charge in [0.1, 0.15) is 0 Å². The highest BCUT2D eigenvalue weighted by Gasteiger charge is 2.12. The highest BCUT2D eigenvalue weighted by Crippen LogP contribution is 2.26. The minimum atomic E-state index is -0.00439. The average Bonchev–Trinajstić information content (AvgIpc) is 2.46. The van der Waals surface area contributed by atoms with Crippen molar-refractivity contribution in [2.45, 2.75) is 17.9 Å². The number of thioether (sulfide) groups is 1. The molecule has 0 bridgehead atoms. The lowest BCUT2D eigenvalue weighted by Gasteiger charge is -2.18. The number of hydrogen-bond acceptors (Lipinski definition) is 2. The van der Waals surface area contributed by atoms with Crippen LogP contribution in [0.2, 0.25) is 0 Å². The molecule has 2 aromatic rings. The molecule has 0 radical (unpaired) electrons. The standard InChI is InChI=1S/C16H16BrNOS/c1-12(19)18-16(13-5-3-2-4-6-13)11-20-15-9-7-14(17)8-10-15/h2-10,16H,11H2,1H3,(H,18,19). The van der Waals surface area contributed by atoms with Crippen LogP contribution in [0.3, 0.4) is 0 Å². The van der Waals surface area contributed by atoms with Gasteiger partial charge in [-0.1, -0.05) is 46.3 Å². The second-order valence-electron chi connectivity index (χ2n) is 4.43. The number of hydrogen-bond donors (Lipinski definition) is 1. The van der Waals surface area contributed by atoms with Gasteiger partial charge < -0.3 is 5.32 Å². The molecule has 1 unspecified atom stereocenters. The summed E-state index contributed by atoms with van der Waals surface area (Å²) in [4.78, 5) is 12.6. The first-order valence-corrected chi connectivity index (χ1v) is 8.13. The lowest BCUT2D eigenvalue weighted by molar-refractivity contribution is -0.119. The van der Waals surface area contributed by atoms with E-state index in [0.717, 1.165) is 15.8 Å². The smallest absolute Gasteiger partial charge is 0.217 e. The lowest BCUT2D eigenvalue weighted by atomic mass is 10.1. The quantitative estimate of drug-likeness (QED) is 0.809. The van der Waals surface area contributed by atoms with Gasteiger partial charge in [-0.15, -0.1) is 11.8 Å². The third kappa shape index (κ3) is 4.69. The van der Waals surface area contributed by atoms with Gasteiger partial charge in [-0.2, -0.15) is 0 Å². The van der Waals surface area contributed by atoms with Crippen LogP contribution in [0.4, 0.5) is 0 Å². The van der Waals surface area contributed by atoms with E-state index in [1.807, 2.05) is 42.5 Å². The van der Waals surface area contributed by atoms with E-state index in [2.05, 4.69) is 33.4 Å². The normalized spacial score (nSPS) is 11.9. The first kappa shape index (κ1) is 15.1. The van der Waals surface area contributed by atoms with Crippen molar-refractivity contribution in [3.63, 3.8) is 0 Å². The number of carbonyl (C=O) groups is 1. The Morgan fingerprint density at radius 3 is 2.40 bits per heavy atom. The number of rotatable bonds is 5. The van der Waals surface area contributed by atoms with Gasteiger partial charge >= 0.3 is 0 Å². The van der Waals surface area contributed by atoms with Crippen LogP contribution in [0.15, 0.2) is 64.0 Å². The summed E-state index contributed by atoms with van der Waals surface area (Å²) in [5.74, 6) is 0.806. The molecule has 0 aliphatic heterocycles. The van der Waals surface area contributed by atoms with Crippen LogP contribution in [-0.4, -0.2) is 11.7 Å². The summed E-state index contributed by atoms with van der Waals surface area (Å²) in [5, 5.41) is 3.01. The summed E-state index contributed by atoms with van der Waals surface area (Å²) in [6.07, 6.45) is 0. The molecule has 20 heavy (non-hydrogen) atoms. The van der Waals surface area contributed by atoms with E-state index in [9.17, 15) is 4.79 Å². The van der Waals surface area contributed by atoms with Crippen LogP contribution in [0.25, 0.3) is 0 Å². The number of amides is 1. The monoisotopic (exact) mass is 349 g/mol. The number of nitrogens with one attached hydrogen (secondary N) is 1. The molecule has 4 heteroatoms. The van der Waals surface area contributed by atoms with Crippen molar-refractivity contribution in [2.24, 2.45) is 0 Å². The predicted octanol–water partition coefficient (Wildman–Crippen LogP) is 4.42. The summed E-state index contributed by atoms with van der Waals surface area (Å²) in [6, 6.07) is 18.3. The third-order valence-corrected chi connectivity index (χ3v) is 4.44. The summed E-state index contributed by atoms with van der Waals surface area (Å²) in [6.45, 7) is 1.56. The second-order valence-corrected chi connectivity index (χ2v) is 6.44. The molecule has 0 saturated heterocycles. The predicted molar refractivity (Wildman–Crippen MR) is 87.9 cm³/mol. The summed E-state index contributed by atoms with van der Waals surface area (Å²) < 4.78 is 1.07. The Labute approximate surface area is 132 Å². The first-order chi connectivity index (χ1) is 9.65. The van der Waals surface area contributed by atoms with E-state index in [1.54, 1.807) is 18.7 Å². The van der Waals surface area contributed by atoms with E-state index in [0.29, 0.717) is 0 Å². The van der Waals surface area contributed by atoms with Gasteiger partial charge in [0.2, 0.25) is 5.91 Å². The minimum absolute atomic E-state index is 0.00439. The Balaban J connectivity index is 2.04. The number of halogens is 1. The summed E-state index contributed by atoms with van der Waals surface area (Å²) in [7, 11) is 0. The zero-order valence-electron chi connectivity index (χ0n) is 11.2. The molecule has 1 atom stereocenters. The van der Waals surface area contributed by atoms with E-state index >= 15 is 0 Å². The lowest BCUT2D eigenvalue weighted by Crippen LogP contribution is -2.27. The topological polar surface area (TPSA) is 29.1 Å². The van der Waals surface area contributed by atoms with Gasteiger partial charge in [-0.25, -0.2) is 0 Å². The zero-order valence-corrected chi connectivity index (χ0v) is 13.6. The minimum Gasteiger partial charge on any atom is -0.349 e. The molecule has 0 aliphatic carbocycles. The van der Waals surface area contributed by atoms with E-state index < -0.39 is 0 Å². The molecule has 1 amide bonds. The Morgan fingerprint density at radius 2 is 1.80 bits per heavy atom. The van der Waals surface area contributed by atoms with Crippen molar-refractivity contribution < 1.29 is 4.79 Å². The molecule has 104 valence electrons. The van der Waals surface area contributed by atoms with Gasteiger partial charge in [-0.05, 0) is 29.8 Å². The molecule has 0 heterocycles. The summed E-state index contributed by atoms with van der Waals surface area (Å²) >= 11 is 5.17. The SMILES string of the molecule is CC(=O)NC(CSc1ccc(Br)cc1)c1ccccc1. The van der Waals surface area contributed by atoms with E-state index in [-0.39, 0.29) is 11.9 Å². The van der Waals surface area contributed by atoms with E-state index in [1.165, 1.54) is 4.90 Å². The highest BCUT2D eigenvalue weighted by atomic mass is 79.9. The second kappa shape index (κ2) is 7.50. The molecule has 0 aromatic heterocycles. The fraction of sp³-hybridized carbons (Fsp3) is 0.188. The van der Waals surface area contributed by atoms with E-state index in [4.69, 9.17) is 0 Å². The Hall–Kier alpha value is -1.26. The maximum Gasteiger partial charge on any atom is 0.217 e. The van der Waals surface area contributed by atoms with Crippen LogP contribution in [0, 0.1) is 0 Å². The number of benzene rings is 2. The van der Waals surface area contributed by atoms with Crippen LogP contribution in [0.5, 0.6) is 0 Å². The van der Waals surface area contributed by atoms with Gasteiger partial charge in [0.05, 0.1) is 6.04 Å². The van der Waals surface area contributed by atoms with Crippen LogP contribution in [-0.2, 0) is 4.79 Å². The third-order valence-electron chi connectivity index (χ3n) is 2.81. The highest BCUT2D eigenvalue weighted by molar-refractivity contribution is 9.10. The van der Waals surface area contributed by atoms with Crippen molar-refractivity contribution in [1.29, 1.82) is 0 Å². The van der Waals surface area contributed by atoms with Crippen molar-refractivity contribution in [3.05, 3.63) is 64.6 Å². The zero-order chi connectivity index (χ0) is 14.4. The summed E-state index contributed by atoms with van der Waals surface area (Å²) in [5.41, 5.74) is 1.13. The molecular formula is C16H16BrNOS. The maximum absolute atomic E-state index is 11.4. The number of carbonyl (C=O) groups excluding carboxylic acids is 1. The van der Waals surface area contributed by atoms with Crippen molar-refractivity contribution in [3.8, 4) is 0 Å². The molecule has 2 rings (SSSR count). The van der Waals surface area contributed by atoms with Crippen molar-refractivity contribution in [1.82, 2.24) is 5.32 Å². The largest absolute Gasteiger partial charge is 0.349 e. The molecule has 0 fully saturated rings. The van der Waals surface area contributed by atoms with Gasteiger partial charge in [0.25, 0.3) is 0 Å². The average molecular weight is 350 g/mol. The fourth-order valence-electron chi connectivity index (χ4n) is 1.86. The van der Waals surface area contributed by atoms with Crippen LogP contribution >= 0.6 is 27.7 Å². The molecule has 1 N–H and O–H groups in total. The van der Waals surface area contributed by atoms with Crippen LogP contribution < -0.4 is 5.32 Å².